The van der Waals surface area contributed by atoms with Gasteiger partial charge in [-0.3, -0.25) is 4.79 Å². The molecule has 0 aromatic heterocycles. The molecule has 0 amide bonds. The number of hydrogen-bond acceptors (Lipinski definition) is 5. The Morgan fingerprint density at radius 1 is 1.14 bits per heavy atom. The highest BCUT2D eigenvalue weighted by molar-refractivity contribution is 7.89. The van der Waals surface area contributed by atoms with E-state index in [1.165, 1.54) is 6.07 Å². The van der Waals surface area contributed by atoms with E-state index in [2.05, 4.69) is 6.07 Å². The summed E-state index contributed by atoms with van der Waals surface area (Å²) < 4.78 is 34.0. The van der Waals surface area contributed by atoms with Gasteiger partial charge in [0.2, 0.25) is 10.0 Å². The molecule has 0 radical (unpaired) electrons. The first kappa shape index (κ1) is 25.4. The van der Waals surface area contributed by atoms with Crippen molar-refractivity contribution in [3.8, 4) is 22.9 Å². The van der Waals surface area contributed by atoms with Crippen LogP contribution in [-0.2, 0) is 27.8 Å². The van der Waals surface area contributed by atoms with Gasteiger partial charge in [0, 0.05) is 6.54 Å². The topological polar surface area (TPSA) is 108 Å². The number of carboxylic acid groups (broad SMARTS) is 1. The van der Waals surface area contributed by atoms with Crippen LogP contribution in [0.4, 0.5) is 0 Å². The molecule has 186 valence electrons. The molecule has 0 spiro atoms. The Hall–Kier alpha value is -3.67. The fourth-order valence-electron chi connectivity index (χ4n) is 4.43. The van der Waals surface area contributed by atoms with Gasteiger partial charge >= 0.3 is 5.97 Å². The molecule has 0 saturated heterocycles. The van der Waals surface area contributed by atoms with E-state index in [1.54, 1.807) is 30.3 Å². The molecule has 1 N–H and O–H groups in total. The monoisotopic (exact) mass is 504 g/mol. The average Bonchev–Trinajstić information content (AvgIpc) is 2.82. The number of sulfonamides is 1. The fraction of sp³-hybridized carbons (Fsp3) is 0.286. The van der Waals surface area contributed by atoms with Crippen molar-refractivity contribution < 1.29 is 23.1 Å². The quantitative estimate of drug-likeness (QED) is 0.490. The molecule has 0 atom stereocenters. The first-order valence-electron chi connectivity index (χ1n) is 11.6. The minimum Gasteiger partial charge on any atom is -0.488 e. The standard InChI is InChI=1S/C28H28N2O5S/c1-19-13-21(7-9-25(19)22-6-4-5-20(14-22)16-29)17-30(18-27(31)32)36(33,34)24-8-10-26-23(15-24)11-12-28(2,3)35-26/h4-10,13-15H,11-12,17-18H2,1-3H3,(H,31,32). The molecule has 1 aliphatic heterocycles. The molecule has 1 heterocycles. The lowest BCUT2D eigenvalue weighted by Crippen LogP contribution is -2.36. The lowest BCUT2D eigenvalue weighted by molar-refractivity contribution is -0.137. The molecule has 0 bridgehead atoms. The molecule has 3 aromatic rings. The molecule has 7 nitrogen and oxygen atoms in total. The van der Waals surface area contributed by atoms with Gasteiger partial charge < -0.3 is 9.84 Å². The minimum atomic E-state index is -4.08. The maximum Gasteiger partial charge on any atom is 0.318 e. The normalized spacial score (nSPS) is 14.5. The Balaban J connectivity index is 1.63. The maximum absolute atomic E-state index is 13.5. The third-order valence-corrected chi connectivity index (χ3v) is 8.10. The number of rotatable bonds is 7. The van der Waals surface area contributed by atoms with Crippen molar-refractivity contribution in [2.75, 3.05) is 6.54 Å². The molecule has 0 saturated carbocycles. The Bertz CT molecular complexity index is 1470. The van der Waals surface area contributed by atoms with Gasteiger partial charge in [-0.2, -0.15) is 9.57 Å². The predicted molar refractivity (Wildman–Crippen MR) is 136 cm³/mol. The lowest BCUT2D eigenvalue weighted by atomic mass is 9.94. The van der Waals surface area contributed by atoms with Crippen molar-refractivity contribution in [2.45, 2.75) is 50.7 Å². The van der Waals surface area contributed by atoms with Crippen molar-refractivity contribution in [3.63, 3.8) is 0 Å². The number of nitriles is 1. The van der Waals surface area contributed by atoms with Gasteiger partial charge in [-0.1, -0.05) is 30.3 Å². The Labute approximate surface area is 211 Å². The van der Waals surface area contributed by atoms with E-state index in [4.69, 9.17) is 4.74 Å². The molecule has 4 rings (SSSR count). The van der Waals surface area contributed by atoms with E-state index >= 15 is 0 Å². The maximum atomic E-state index is 13.5. The highest BCUT2D eigenvalue weighted by Crippen LogP contribution is 2.35. The van der Waals surface area contributed by atoms with Crippen LogP contribution >= 0.6 is 0 Å². The summed E-state index contributed by atoms with van der Waals surface area (Å²) in [5.41, 5.74) is 4.39. The van der Waals surface area contributed by atoms with Gasteiger partial charge in [0.1, 0.15) is 17.9 Å². The first-order chi connectivity index (χ1) is 17.0. The summed E-state index contributed by atoms with van der Waals surface area (Å²) in [6, 6.07) is 19.6. The SMILES string of the molecule is Cc1cc(CN(CC(=O)O)S(=O)(=O)c2ccc3c(c2)CCC(C)(C)O3)ccc1-c1cccc(C#N)c1. The summed E-state index contributed by atoms with van der Waals surface area (Å²) >= 11 is 0. The summed E-state index contributed by atoms with van der Waals surface area (Å²) in [6.07, 6.45) is 1.43. The largest absolute Gasteiger partial charge is 0.488 e. The van der Waals surface area contributed by atoms with Crippen LogP contribution in [-0.4, -0.2) is 35.9 Å². The second kappa shape index (κ2) is 9.76. The molecular weight excluding hydrogens is 476 g/mol. The predicted octanol–water partition coefficient (Wildman–Crippen LogP) is 4.91. The van der Waals surface area contributed by atoms with E-state index in [-0.39, 0.29) is 17.0 Å². The van der Waals surface area contributed by atoms with Crippen LogP contribution in [0, 0.1) is 18.3 Å². The van der Waals surface area contributed by atoms with Crippen LogP contribution in [0.3, 0.4) is 0 Å². The van der Waals surface area contributed by atoms with Crippen molar-refractivity contribution in [1.82, 2.24) is 4.31 Å². The molecule has 3 aromatic carbocycles. The van der Waals surface area contributed by atoms with Crippen molar-refractivity contribution >= 4 is 16.0 Å². The van der Waals surface area contributed by atoms with Gasteiger partial charge in [-0.15, -0.1) is 0 Å². The van der Waals surface area contributed by atoms with Crippen LogP contribution in [0.5, 0.6) is 5.75 Å². The second-order valence-electron chi connectivity index (χ2n) is 9.64. The molecule has 0 unspecified atom stereocenters. The first-order valence-corrected chi connectivity index (χ1v) is 13.1. The van der Waals surface area contributed by atoms with E-state index in [9.17, 15) is 23.6 Å². The lowest BCUT2D eigenvalue weighted by Gasteiger charge is -2.33. The highest BCUT2D eigenvalue weighted by atomic mass is 32.2. The van der Waals surface area contributed by atoms with Gasteiger partial charge in [0.25, 0.3) is 0 Å². The molecule has 36 heavy (non-hydrogen) atoms. The van der Waals surface area contributed by atoms with Gasteiger partial charge in [-0.05, 0) is 91.8 Å². The van der Waals surface area contributed by atoms with Gasteiger partial charge in [0.15, 0.2) is 0 Å². The molecule has 0 fully saturated rings. The number of carboxylic acids is 1. The smallest absolute Gasteiger partial charge is 0.318 e. The van der Waals surface area contributed by atoms with Crippen LogP contribution in [0.15, 0.2) is 65.6 Å². The molecule has 1 aliphatic rings. The Morgan fingerprint density at radius 2 is 1.92 bits per heavy atom. The molecular formula is C28H28N2O5S. The van der Waals surface area contributed by atoms with Crippen LogP contribution in [0.1, 0.15) is 42.5 Å². The zero-order valence-corrected chi connectivity index (χ0v) is 21.3. The van der Waals surface area contributed by atoms with E-state index in [1.807, 2.05) is 45.0 Å². The van der Waals surface area contributed by atoms with Crippen molar-refractivity contribution in [2.24, 2.45) is 0 Å². The Kier molecular flexibility index (Phi) is 6.90. The number of benzene rings is 3. The number of nitrogens with zero attached hydrogens (tertiary/aromatic N) is 2. The van der Waals surface area contributed by atoms with E-state index in [0.29, 0.717) is 23.3 Å². The number of hydrogen-bond donors (Lipinski definition) is 1. The number of carbonyl (C=O) groups is 1. The van der Waals surface area contributed by atoms with Crippen LogP contribution in [0.25, 0.3) is 11.1 Å². The minimum absolute atomic E-state index is 0.0486. The highest BCUT2D eigenvalue weighted by Gasteiger charge is 2.31. The summed E-state index contributed by atoms with van der Waals surface area (Å²) in [7, 11) is -4.08. The van der Waals surface area contributed by atoms with Crippen molar-refractivity contribution in [3.05, 3.63) is 82.9 Å². The summed E-state index contributed by atoms with van der Waals surface area (Å²) in [5, 5.41) is 18.7. The third-order valence-electron chi connectivity index (χ3n) is 6.32. The zero-order chi connectivity index (χ0) is 26.1. The zero-order valence-electron chi connectivity index (χ0n) is 20.5. The fourth-order valence-corrected chi connectivity index (χ4v) is 5.86. The summed E-state index contributed by atoms with van der Waals surface area (Å²) in [6.45, 7) is 5.13. The van der Waals surface area contributed by atoms with Crippen molar-refractivity contribution in [1.29, 1.82) is 5.26 Å². The van der Waals surface area contributed by atoms with Gasteiger partial charge in [0.05, 0.1) is 16.5 Å². The van der Waals surface area contributed by atoms with Crippen LogP contribution < -0.4 is 4.74 Å². The second-order valence-corrected chi connectivity index (χ2v) is 11.6. The number of aryl methyl sites for hydroxylation is 2. The molecule has 0 aliphatic carbocycles. The summed E-state index contributed by atoms with van der Waals surface area (Å²) in [5.74, 6) is -0.579. The number of ether oxygens (including phenoxy) is 1. The average molecular weight is 505 g/mol. The van der Waals surface area contributed by atoms with E-state index < -0.39 is 22.5 Å². The Morgan fingerprint density at radius 3 is 2.61 bits per heavy atom. The van der Waals surface area contributed by atoms with E-state index in [0.717, 1.165) is 33.0 Å². The molecule has 8 heteroatoms. The number of fused-ring (bicyclic) bond motifs is 1. The third kappa shape index (κ3) is 5.43. The van der Waals surface area contributed by atoms with Crippen LogP contribution in [0.2, 0.25) is 0 Å². The summed E-state index contributed by atoms with van der Waals surface area (Å²) in [4.78, 5) is 11.6. The van der Waals surface area contributed by atoms with Gasteiger partial charge in [-0.25, -0.2) is 8.42 Å². The number of aliphatic carboxylic acids is 1.